The fourth-order valence-electron chi connectivity index (χ4n) is 1.46. The first-order valence-corrected chi connectivity index (χ1v) is 5.01. The highest BCUT2D eigenvalue weighted by atomic mass is 16.5. The van der Waals surface area contributed by atoms with E-state index in [1.807, 2.05) is 13.0 Å². The van der Waals surface area contributed by atoms with Crippen LogP contribution in [0.25, 0.3) is 0 Å². The first-order valence-electron chi connectivity index (χ1n) is 5.01. The second-order valence-corrected chi connectivity index (χ2v) is 3.42. The van der Waals surface area contributed by atoms with Crippen molar-refractivity contribution >= 4 is 0 Å². The van der Waals surface area contributed by atoms with E-state index in [1.54, 1.807) is 12.1 Å². The molecule has 0 aliphatic rings. The van der Waals surface area contributed by atoms with Gasteiger partial charge in [0.2, 0.25) is 0 Å². The highest BCUT2D eigenvalue weighted by Crippen LogP contribution is 2.16. The molecule has 0 fully saturated rings. The first kappa shape index (κ1) is 12.0. The second kappa shape index (κ2) is 5.70. The van der Waals surface area contributed by atoms with Crippen LogP contribution >= 0.6 is 0 Å². The number of aliphatic hydroxyl groups excluding tert-OH is 1. The number of rotatable bonds is 5. The van der Waals surface area contributed by atoms with Crippen LogP contribution in [0, 0.1) is 0 Å². The van der Waals surface area contributed by atoms with Gasteiger partial charge in [-0.15, -0.1) is 0 Å². The van der Waals surface area contributed by atoms with Crippen molar-refractivity contribution in [3.05, 3.63) is 29.3 Å². The largest absolute Gasteiger partial charge is 0.508 e. The van der Waals surface area contributed by atoms with Crippen LogP contribution in [0.5, 0.6) is 5.75 Å². The highest BCUT2D eigenvalue weighted by molar-refractivity contribution is 5.34. The minimum atomic E-state index is -1.34. The SMILES string of the molecule is CCc1ccc(O)cc1CNCC(O)O. The standard InChI is InChI=1S/C11H17NO3/c1-2-8-3-4-10(13)5-9(8)6-12-7-11(14)15/h3-5,11-15H,2,6-7H2,1H3. The van der Waals surface area contributed by atoms with Gasteiger partial charge >= 0.3 is 0 Å². The van der Waals surface area contributed by atoms with Crippen molar-refractivity contribution in [3.63, 3.8) is 0 Å². The van der Waals surface area contributed by atoms with Crippen LogP contribution in [-0.2, 0) is 13.0 Å². The van der Waals surface area contributed by atoms with E-state index in [0.717, 1.165) is 17.5 Å². The number of aromatic hydroxyl groups is 1. The van der Waals surface area contributed by atoms with Gasteiger partial charge in [0, 0.05) is 13.1 Å². The van der Waals surface area contributed by atoms with Gasteiger partial charge in [-0.05, 0) is 29.7 Å². The van der Waals surface area contributed by atoms with Crippen molar-refractivity contribution in [3.8, 4) is 5.75 Å². The van der Waals surface area contributed by atoms with E-state index < -0.39 is 6.29 Å². The molecule has 1 rings (SSSR count). The Bertz CT molecular complexity index is 313. The van der Waals surface area contributed by atoms with E-state index >= 15 is 0 Å². The molecule has 0 atom stereocenters. The van der Waals surface area contributed by atoms with Gasteiger partial charge in [-0.2, -0.15) is 0 Å². The molecular formula is C11H17NO3. The lowest BCUT2D eigenvalue weighted by Crippen LogP contribution is -2.26. The van der Waals surface area contributed by atoms with E-state index in [-0.39, 0.29) is 12.3 Å². The molecule has 0 amide bonds. The second-order valence-electron chi connectivity index (χ2n) is 3.42. The van der Waals surface area contributed by atoms with E-state index in [0.29, 0.717) is 6.54 Å². The van der Waals surface area contributed by atoms with E-state index in [2.05, 4.69) is 5.32 Å². The molecule has 4 heteroatoms. The molecule has 0 saturated heterocycles. The minimum Gasteiger partial charge on any atom is -0.508 e. The summed E-state index contributed by atoms with van der Waals surface area (Å²) in [4.78, 5) is 0. The maximum Gasteiger partial charge on any atom is 0.164 e. The molecule has 1 aromatic carbocycles. The van der Waals surface area contributed by atoms with Crippen molar-refractivity contribution in [2.45, 2.75) is 26.2 Å². The van der Waals surface area contributed by atoms with Crippen LogP contribution < -0.4 is 5.32 Å². The Morgan fingerprint density at radius 2 is 2.00 bits per heavy atom. The minimum absolute atomic E-state index is 0.124. The summed E-state index contributed by atoms with van der Waals surface area (Å²) in [6, 6.07) is 5.22. The Kier molecular flexibility index (Phi) is 4.55. The third kappa shape index (κ3) is 3.87. The molecule has 0 aromatic heterocycles. The van der Waals surface area contributed by atoms with Crippen LogP contribution in [0.15, 0.2) is 18.2 Å². The summed E-state index contributed by atoms with van der Waals surface area (Å²) >= 11 is 0. The predicted octanol–water partition coefficient (Wildman–Crippen LogP) is 0.355. The fraction of sp³-hybridized carbons (Fsp3) is 0.455. The quantitative estimate of drug-likeness (QED) is 0.530. The molecule has 0 bridgehead atoms. The number of phenolic OH excluding ortho intramolecular Hbond substituents is 1. The zero-order valence-corrected chi connectivity index (χ0v) is 8.77. The molecular weight excluding hydrogens is 194 g/mol. The van der Waals surface area contributed by atoms with Gasteiger partial charge in [-0.3, -0.25) is 0 Å². The Morgan fingerprint density at radius 1 is 1.27 bits per heavy atom. The maximum atomic E-state index is 9.31. The summed E-state index contributed by atoms with van der Waals surface area (Å²) < 4.78 is 0. The van der Waals surface area contributed by atoms with Gasteiger partial charge in [0.1, 0.15) is 5.75 Å². The molecule has 0 aliphatic carbocycles. The summed E-state index contributed by atoms with van der Waals surface area (Å²) in [6.45, 7) is 2.69. The number of phenols is 1. The summed E-state index contributed by atoms with van der Waals surface area (Å²) in [5, 5.41) is 29.5. The zero-order chi connectivity index (χ0) is 11.3. The normalized spacial score (nSPS) is 10.9. The third-order valence-electron chi connectivity index (χ3n) is 2.21. The van der Waals surface area contributed by atoms with Crippen LogP contribution in [-0.4, -0.2) is 28.2 Å². The van der Waals surface area contributed by atoms with E-state index in [9.17, 15) is 5.11 Å². The fourth-order valence-corrected chi connectivity index (χ4v) is 1.46. The molecule has 4 N–H and O–H groups in total. The van der Waals surface area contributed by atoms with Crippen LogP contribution in [0.3, 0.4) is 0 Å². The number of benzene rings is 1. The molecule has 84 valence electrons. The molecule has 0 heterocycles. The lowest BCUT2D eigenvalue weighted by Gasteiger charge is -2.10. The van der Waals surface area contributed by atoms with Gasteiger partial charge < -0.3 is 20.6 Å². The predicted molar refractivity (Wildman–Crippen MR) is 57.4 cm³/mol. The van der Waals surface area contributed by atoms with Crippen molar-refractivity contribution in [2.24, 2.45) is 0 Å². The van der Waals surface area contributed by atoms with Gasteiger partial charge in [-0.1, -0.05) is 13.0 Å². The Morgan fingerprint density at radius 3 is 2.60 bits per heavy atom. The molecule has 0 spiro atoms. The third-order valence-corrected chi connectivity index (χ3v) is 2.21. The molecule has 0 radical (unpaired) electrons. The first-order chi connectivity index (χ1) is 7.13. The average molecular weight is 211 g/mol. The van der Waals surface area contributed by atoms with Crippen LogP contribution in [0.4, 0.5) is 0 Å². The lowest BCUT2D eigenvalue weighted by atomic mass is 10.0. The average Bonchev–Trinajstić information content (AvgIpc) is 2.17. The summed E-state index contributed by atoms with van der Waals surface area (Å²) in [6.07, 6.45) is -0.453. The Hall–Kier alpha value is -1.10. The molecule has 0 aliphatic heterocycles. The van der Waals surface area contributed by atoms with Gasteiger partial charge in [0.15, 0.2) is 6.29 Å². The number of aliphatic hydroxyl groups is 2. The molecule has 1 aromatic rings. The van der Waals surface area contributed by atoms with Gasteiger partial charge in [0.05, 0.1) is 0 Å². The maximum absolute atomic E-state index is 9.31. The number of aryl methyl sites for hydroxylation is 1. The molecule has 0 saturated carbocycles. The van der Waals surface area contributed by atoms with Crippen molar-refractivity contribution in [2.75, 3.05) is 6.54 Å². The summed E-state index contributed by atoms with van der Waals surface area (Å²) in [5.41, 5.74) is 2.13. The summed E-state index contributed by atoms with van der Waals surface area (Å²) in [5.74, 6) is 0.230. The Balaban J connectivity index is 2.62. The van der Waals surface area contributed by atoms with Crippen molar-refractivity contribution in [1.29, 1.82) is 0 Å². The zero-order valence-electron chi connectivity index (χ0n) is 8.77. The number of hydrogen-bond acceptors (Lipinski definition) is 4. The van der Waals surface area contributed by atoms with E-state index in [4.69, 9.17) is 10.2 Å². The molecule has 15 heavy (non-hydrogen) atoms. The highest BCUT2D eigenvalue weighted by Gasteiger charge is 2.03. The number of hydrogen-bond donors (Lipinski definition) is 4. The molecule has 0 unspecified atom stereocenters. The van der Waals surface area contributed by atoms with Crippen molar-refractivity contribution in [1.82, 2.24) is 5.32 Å². The monoisotopic (exact) mass is 211 g/mol. The smallest absolute Gasteiger partial charge is 0.164 e. The Labute approximate surface area is 89.2 Å². The van der Waals surface area contributed by atoms with E-state index in [1.165, 1.54) is 0 Å². The van der Waals surface area contributed by atoms with Crippen LogP contribution in [0.2, 0.25) is 0 Å². The number of nitrogens with one attached hydrogen (secondary N) is 1. The van der Waals surface area contributed by atoms with Crippen LogP contribution in [0.1, 0.15) is 18.1 Å². The lowest BCUT2D eigenvalue weighted by molar-refractivity contribution is -0.0373. The molecule has 4 nitrogen and oxygen atoms in total. The van der Waals surface area contributed by atoms with Crippen molar-refractivity contribution < 1.29 is 15.3 Å². The topological polar surface area (TPSA) is 72.7 Å². The summed E-state index contributed by atoms with van der Waals surface area (Å²) in [7, 11) is 0. The van der Waals surface area contributed by atoms with Gasteiger partial charge in [-0.25, -0.2) is 0 Å². The van der Waals surface area contributed by atoms with Gasteiger partial charge in [0.25, 0.3) is 0 Å².